The number of likely N-dealkylation sites (tertiary alicyclic amines) is 1. The van der Waals surface area contributed by atoms with Gasteiger partial charge in [0.05, 0.1) is 11.1 Å². The number of hydrogen-bond acceptors (Lipinski definition) is 6. The third kappa shape index (κ3) is 4.30. The number of aromatic nitrogens is 4. The summed E-state index contributed by atoms with van der Waals surface area (Å²) in [6.45, 7) is 3.72. The quantitative estimate of drug-likeness (QED) is 0.335. The summed E-state index contributed by atoms with van der Waals surface area (Å²) in [6, 6.07) is 18.6. The molecule has 1 atom stereocenters. The van der Waals surface area contributed by atoms with Crippen LogP contribution in [-0.4, -0.2) is 56.6 Å². The Morgan fingerprint density at radius 2 is 2.00 bits per heavy atom. The SMILES string of the molecule is Cc1ccc(OC[C@@H]2CCN2C)cc1C(=O)NC1(c2cc(-c3ccc4ncnn4c3)cc3ncccc23)CC1. The monoisotopic (exact) mass is 518 g/mol. The lowest BCUT2D eigenvalue weighted by molar-refractivity contribution is 0.0767. The van der Waals surface area contributed by atoms with Crippen LogP contribution in [0.3, 0.4) is 0 Å². The van der Waals surface area contributed by atoms with E-state index < -0.39 is 5.54 Å². The molecule has 2 aliphatic rings. The van der Waals surface area contributed by atoms with E-state index in [2.05, 4.69) is 50.5 Å². The van der Waals surface area contributed by atoms with E-state index in [9.17, 15) is 4.79 Å². The maximum Gasteiger partial charge on any atom is 0.252 e. The van der Waals surface area contributed by atoms with Gasteiger partial charge in [0.1, 0.15) is 18.7 Å². The first kappa shape index (κ1) is 23.8. The van der Waals surface area contributed by atoms with Crippen LogP contribution in [0.15, 0.2) is 73.3 Å². The molecule has 0 unspecified atom stereocenters. The van der Waals surface area contributed by atoms with Crippen molar-refractivity contribution in [2.45, 2.75) is 37.8 Å². The van der Waals surface area contributed by atoms with Crippen LogP contribution < -0.4 is 10.1 Å². The number of rotatable bonds is 7. The van der Waals surface area contributed by atoms with E-state index in [1.165, 1.54) is 0 Å². The zero-order valence-corrected chi connectivity index (χ0v) is 22.1. The molecule has 7 rings (SSSR count). The second kappa shape index (κ2) is 9.17. The molecule has 1 amide bonds. The number of nitrogens with zero attached hydrogens (tertiary/aromatic N) is 5. The molecular formula is C31H30N6O2. The van der Waals surface area contributed by atoms with Gasteiger partial charge in [0, 0.05) is 34.9 Å². The molecule has 8 heteroatoms. The Balaban J connectivity index is 1.21. The maximum absolute atomic E-state index is 13.7. The highest BCUT2D eigenvalue weighted by Gasteiger charge is 2.47. The molecule has 0 radical (unpaired) electrons. The fourth-order valence-corrected chi connectivity index (χ4v) is 5.51. The Morgan fingerprint density at radius 1 is 1.10 bits per heavy atom. The largest absolute Gasteiger partial charge is 0.492 e. The Morgan fingerprint density at radius 3 is 2.79 bits per heavy atom. The van der Waals surface area contributed by atoms with Crippen LogP contribution in [-0.2, 0) is 5.54 Å². The summed E-state index contributed by atoms with van der Waals surface area (Å²) in [5.41, 5.74) is 5.97. The Hall–Kier alpha value is -4.30. The molecular weight excluding hydrogens is 488 g/mol. The fraction of sp³-hybridized carbons (Fsp3) is 0.290. The second-order valence-electron chi connectivity index (χ2n) is 10.8. The highest BCUT2D eigenvalue weighted by Crippen LogP contribution is 2.49. The first-order valence-electron chi connectivity index (χ1n) is 13.4. The maximum atomic E-state index is 13.7. The van der Waals surface area contributed by atoms with Gasteiger partial charge in [-0.3, -0.25) is 14.7 Å². The lowest BCUT2D eigenvalue weighted by atomic mass is 9.93. The van der Waals surface area contributed by atoms with Gasteiger partial charge in [-0.25, -0.2) is 9.50 Å². The fourth-order valence-electron chi connectivity index (χ4n) is 5.51. The number of ether oxygens (including phenoxy) is 1. The van der Waals surface area contributed by atoms with Crippen LogP contribution in [0.2, 0.25) is 0 Å². The number of benzene rings is 2. The lowest BCUT2D eigenvalue weighted by Gasteiger charge is -2.37. The van der Waals surface area contributed by atoms with Crippen molar-refractivity contribution in [1.82, 2.24) is 29.8 Å². The van der Waals surface area contributed by atoms with Crippen molar-refractivity contribution < 1.29 is 9.53 Å². The average Bonchev–Trinajstić information content (AvgIpc) is 3.57. The molecule has 5 aromatic rings. The van der Waals surface area contributed by atoms with Crippen LogP contribution in [0.5, 0.6) is 5.75 Å². The number of fused-ring (bicyclic) bond motifs is 2. The molecule has 2 aromatic carbocycles. The molecule has 1 aliphatic carbocycles. The highest BCUT2D eigenvalue weighted by atomic mass is 16.5. The van der Waals surface area contributed by atoms with Gasteiger partial charge in [0.15, 0.2) is 5.65 Å². The molecule has 0 bridgehead atoms. The number of likely N-dealkylation sites (N-methyl/N-ethyl adjacent to an activating group) is 1. The van der Waals surface area contributed by atoms with E-state index in [4.69, 9.17) is 4.74 Å². The van der Waals surface area contributed by atoms with E-state index in [1.54, 1.807) is 10.8 Å². The van der Waals surface area contributed by atoms with Crippen molar-refractivity contribution in [3.8, 4) is 16.9 Å². The van der Waals surface area contributed by atoms with E-state index in [-0.39, 0.29) is 5.91 Å². The summed E-state index contributed by atoms with van der Waals surface area (Å²) in [4.78, 5) is 24.9. The highest BCUT2D eigenvalue weighted by molar-refractivity contribution is 5.98. The molecule has 2 fully saturated rings. The number of amides is 1. The first-order chi connectivity index (χ1) is 19.0. The minimum Gasteiger partial charge on any atom is -0.492 e. The van der Waals surface area contributed by atoms with Gasteiger partial charge in [-0.15, -0.1) is 0 Å². The average molecular weight is 519 g/mol. The third-order valence-electron chi connectivity index (χ3n) is 8.28. The number of nitrogens with one attached hydrogen (secondary N) is 1. The molecule has 1 saturated carbocycles. The van der Waals surface area contributed by atoms with Crippen LogP contribution in [0.1, 0.15) is 40.7 Å². The Labute approximate surface area is 226 Å². The van der Waals surface area contributed by atoms with E-state index >= 15 is 0 Å². The van der Waals surface area contributed by atoms with Crippen LogP contribution in [0.25, 0.3) is 27.7 Å². The van der Waals surface area contributed by atoms with Crippen LogP contribution in [0.4, 0.5) is 0 Å². The number of hydrogen-bond donors (Lipinski definition) is 1. The van der Waals surface area contributed by atoms with Gasteiger partial charge in [0.2, 0.25) is 0 Å². The minimum absolute atomic E-state index is 0.0808. The first-order valence-corrected chi connectivity index (χ1v) is 13.4. The normalized spacial score (nSPS) is 18.2. The summed E-state index contributed by atoms with van der Waals surface area (Å²) < 4.78 is 7.83. The summed E-state index contributed by atoms with van der Waals surface area (Å²) >= 11 is 0. The molecule has 4 heterocycles. The van der Waals surface area contributed by atoms with Crippen molar-refractivity contribution in [2.24, 2.45) is 0 Å². The van der Waals surface area contributed by atoms with Crippen molar-refractivity contribution in [2.75, 3.05) is 20.2 Å². The molecule has 3 aromatic heterocycles. The zero-order chi connectivity index (χ0) is 26.6. The van der Waals surface area contributed by atoms with Gasteiger partial charge >= 0.3 is 0 Å². The molecule has 1 saturated heterocycles. The molecule has 39 heavy (non-hydrogen) atoms. The molecule has 0 spiro atoms. The summed E-state index contributed by atoms with van der Waals surface area (Å²) in [5, 5.41) is 8.75. The summed E-state index contributed by atoms with van der Waals surface area (Å²) in [7, 11) is 2.11. The van der Waals surface area contributed by atoms with Gasteiger partial charge in [0.25, 0.3) is 5.91 Å². The van der Waals surface area contributed by atoms with Crippen molar-refractivity contribution in [3.63, 3.8) is 0 Å². The number of carbonyl (C=O) groups excluding carboxylic acids is 1. The molecule has 8 nitrogen and oxygen atoms in total. The zero-order valence-electron chi connectivity index (χ0n) is 22.1. The van der Waals surface area contributed by atoms with Crippen molar-refractivity contribution in [3.05, 3.63) is 90.0 Å². The van der Waals surface area contributed by atoms with Gasteiger partial charge in [-0.05, 0) is 98.9 Å². The second-order valence-corrected chi connectivity index (χ2v) is 10.8. The standard InChI is InChI=1S/C31H30N6O2/c1-20-5-7-24(39-18-23-9-13-36(23)2)16-26(20)30(38)35-31(10-11-31)27-14-22(15-28-25(27)4-3-12-32-28)21-6-8-29-33-19-34-37(29)17-21/h3-8,12,14-17,19,23H,9-11,13,18H2,1-2H3,(H,35,38)/t23-/m0/s1. The number of pyridine rings is 2. The Kier molecular flexibility index (Phi) is 5.59. The van der Waals surface area contributed by atoms with Gasteiger partial charge < -0.3 is 10.1 Å². The lowest BCUT2D eigenvalue weighted by Crippen LogP contribution is -2.48. The number of carbonyl (C=O) groups is 1. The molecule has 1 aliphatic heterocycles. The number of aryl methyl sites for hydroxylation is 1. The van der Waals surface area contributed by atoms with Gasteiger partial charge in [-0.1, -0.05) is 12.1 Å². The molecule has 196 valence electrons. The van der Waals surface area contributed by atoms with E-state index in [0.29, 0.717) is 18.2 Å². The van der Waals surface area contributed by atoms with Crippen LogP contribution in [0, 0.1) is 6.92 Å². The van der Waals surface area contributed by atoms with Gasteiger partial charge in [-0.2, -0.15) is 5.10 Å². The summed E-state index contributed by atoms with van der Waals surface area (Å²) in [6.07, 6.45) is 8.23. The van der Waals surface area contributed by atoms with E-state index in [1.807, 2.05) is 55.7 Å². The van der Waals surface area contributed by atoms with E-state index in [0.717, 1.165) is 70.4 Å². The summed E-state index contributed by atoms with van der Waals surface area (Å²) in [5.74, 6) is 0.652. The Bertz CT molecular complexity index is 1720. The predicted octanol–water partition coefficient (Wildman–Crippen LogP) is 4.75. The predicted molar refractivity (Wildman–Crippen MR) is 150 cm³/mol. The molecule has 1 N–H and O–H groups in total. The topological polar surface area (TPSA) is 84.6 Å². The minimum atomic E-state index is -0.441. The third-order valence-corrected chi connectivity index (χ3v) is 8.28. The smallest absolute Gasteiger partial charge is 0.252 e. The van der Waals surface area contributed by atoms with Crippen LogP contribution >= 0.6 is 0 Å². The van der Waals surface area contributed by atoms with Crippen molar-refractivity contribution in [1.29, 1.82) is 0 Å². The van der Waals surface area contributed by atoms with Crippen molar-refractivity contribution >= 4 is 22.5 Å².